The van der Waals surface area contributed by atoms with Crippen LogP contribution in [0.3, 0.4) is 0 Å². The Morgan fingerprint density at radius 3 is 2.26 bits per heavy atom. The van der Waals surface area contributed by atoms with E-state index >= 15 is 0 Å². The molecule has 0 saturated heterocycles. The average Bonchev–Trinajstić information content (AvgIpc) is 2.25. The third-order valence-corrected chi connectivity index (χ3v) is 3.96. The number of hydrogen-bond donors (Lipinski definition) is 1. The summed E-state index contributed by atoms with van der Waals surface area (Å²) < 4.78 is 65.1. The Morgan fingerprint density at radius 1 is 1.32 bits per heavy atom. The SMILES string of the molecule is CCC(CC#N)NS(=O)(=O)c1c(F)cc(F)cc1F. The molecule has 19 heavy (non-hydrogen) atoms. The van der Waals surface area contributed by atoms with Crippen molar-refractivity contribution in [2.75, 3.05) is 0 Å². The maximum absolute atomic E-state index is 13.4. The number of sulfonamides is 1. The number of nitrogens with one attached hydrogen (secondary N) is 1. The molecule has 0 radical (unpaired) electrons. The molecule has 0 amide bonds. The van der Waals surface area contributed by atoms with Crippen LogP contribution in [0.5, 0.6) is 0 Å². The average molecular weight is 292 g/mol. The van der Waals surface area contributed by atoms with Gasteiger partial charge in [-0.15, -0.1) is 0 Å². The van der Waals surface area contributed by atoms with Gasteiger partial charge in [-0.25, -0.2) is 26.3 Å². The van der Waals surface area contributed by atoms with Gasteiger partial charge in [0.2, 0.25) is 10.0 Å². The molecule has 1 atom stereocenters. The van der Waals surface area contributed by atoms with Crippen LogP contribution in [-0.2, 0) is 10.0 Å². The first kappa shape index (κ1) is 15.5. The molecule has 1 aromatic rings. The lowest BCUT2D eigenvalue weighted by Crippen LogP contribution is -2.35. The molecule has 8 heteroatoms. The van der Waals surface area contributed by atoms with E-state index in [4.69, 9.17) is 5.26 Å². The molecule has 0 aromatic heterocycles. The number of halogens is 3. The maximum Gasteiger partial charge on any atom is 0.246 e. The van der Waals surface area contributed by atoms with Crippen molar-refractivity contribution < 1.29 is 21.6 Å². The molecule has 0 fully saturated rings. The summed E-state index contributed by atoms with van der Waals surface area (Å²) >= 11 is 0. The zero-order chi connectivity index (χ0) is 14.6. The van der Waals surface area contributed by atoms with E-state index < -0.39 is 38.4 Å². The van der Waals surface area contributed by atoms with Gasteiger partial charge in [0.1, 0.15) is 17.5 Å². The summed E-state index contributed by atoms with van der Waals surface area (Å²) in [6.45, 7) is 1.61. The molecule has 4 nitrogen and oxygen atoms in total. The summed E-state index contributed by atoms with van der Waals surface area (Å²) in [5.74, 6) is -4.24. The van der Waals surface area contributed by atoms with E-state index in [9.17, 15) is 21.6 Å². The molecule has 0 spiro atoms. The van der Waals surface area contributed by atoms with Crippen LogP contribution in [0.25, 0.3) is 0 Å². The smallest absolute Gasteiger partial charge is 0.207 e. The highest BCUT2D eigenvalue weighted by molar-refractivity contribution is 7.89. The van der Waals surface area contributed by atoms with E-state index in [2.05, 4.69) is 0 Å². The number of rotatable bonds is 5. The largest absolute Gasteiger partial charge is 0.246 e. The minimum atomic E-state index is -4.49. The van der Waals surface area contributed by atoms with Crippen LogP contribution >= 0.6 is 0 Å². The Labute approximate surface area is 108 Å². The van der Waals surface area contributed by atoms with Crippen LogP contribution in [0.15, 0.2) is 17.0 Å². The van der Waals surface area contributed by atoms with E-state index in [1.807, 2.05) is 4.72 Å². The van der Waals surface area contributed by atoms with Gasteiger partial charge in [-0.05, 0) is 6.42 Å². The predicted octanol–water partition coefficient (Wildman–Crippen LogP) is 2.07. The maximum atomic E-state index is 13.4. The van der Waals surface area contributed by atoms with Gasteiger partial charge in [0, 0.05) is 18.2 Å². The summed E-state index contributed by atoms with van der Waals surface area (Å²) in [5, 5.41) is 8.50. The molecular weight excluding hydrogens is 281 g/mol. The second kappa shape index (κ2) is 6.04. The van der Waals surface area contributed by atoms with Crippen molar-refractivity contribution >= 4 is 10.0 Å². The van der Waals surface area contributed by atoms with Crippen molar-refractivity contribution in [2.45, 2.75) is 30.7 Å². The zero-order valence-corrected chi connectivity index (χ0v) is 10.8. The molecule has 1 aromatic carbocycles. The second-order valence-electron chi connectivity index (χ2n) is 3.79. The third kappa shape index (κ3) is 3.68. The Hall–Kier alpha value is -1.59. The topological polar surface area (TPSA) is 70.0 Å². The minimum absolute atomic E-state index is 0.139. The molecule has 0 saturated carbocycles. The Bertz CT molecular complexity index is 588. The fourth-order valence-corrected chi connectivity index (χ4v) is 2.88. The van der Waals surface area contributed by atoms with Gasteiger partial charge in [-0.1, -0.05) is 6.92 Å². The molecule has 1 rings (SSSR count). The molecule has 0 aliphatic heterocycles. The number of benzene rings is 1. The van der Waals surface area contributed by atoms with Gasteiger partial charge in [-0.2, -0.15) is 5.26 Å². The van der Waals surface area contributed by atoms with E-state index in [1.54, 1.807) is 13.0 Å². The molecule has 104 valence electrons. The second-order valence-corrected chi connectivity index (χ2v) is 5.44. The zero-order valence-electron chi connectivity index (χ0n) is 9.95. The van der Waals surface area contributed by atoms with Crippen LogP contribution in [0.4, 0.5) is 13.2 Å². The normalized spacial score (nSPS) is 13.0. The van der Waals surface area contributed by atoms with Crippen molar-refractivity contribution in [1.82, 2.24) is 4.72 Å². The molecule has 0 heterocycles. The minimum Gasteiger partial charge on any atom is -0.207 e. The molecule has 0 aliphatic rings. The van der Waals surface area contributed by atoms with Gasteiger partial charge in [0.05, 0.1) is 12.5 Å². The van der Waals surface area contributed by atoms with Crippen molar-refractivity contribution in [2.24, 2.45) is 0 Å². The van der Waals surface area contributed by atoms with Crippen LogP contribution < -0.4 is 4.72 Å². The van der Waals surface area contributed by atoms with E-state index in [1.165, 1.54) is 0 Å². The number of nitrogens with zero attached hydrogens (tertiary/aromatic N) is 1. The fourth-order valence-electron chi connectivity index (χ4n) is 1.44. The molecule has 0 bridgehead atoms. The van der Waals surface area contributed by atoms with Crippen molar-refractivity contribution in [3.8, 4) is 6.07 Å². The summed E-state index contributed by atoms with van der Waals surface area (Å²) in [6.07, 6.45) is 0.136. The number of nitriles is 1. The lowest BCUT2D eigenvalue weighted by molar-refractivity contribution is 0.487. The van der Waals surface area contributed by atoms with Gasteiger partial charge in [0.25, 0.3) is 0 Å². The quantitative estimate of drug-likeness (QED) is 0.903. The Kier molecular flexibility index (Phi) is 4.91. The highest BCUT2D eigenvalue weighted by Gasteiger charge is 2.27. The van der Waals surface area contributed by atoms with E-state index in [0.29, 0.717) is 0 Å². The first-order valence-electron chi connectivity index (χ1n) is 5.35. The Balaban J connectivity index is 3.18. The third-order valence-electron chi connectivity index (χ3n) is 2.38. The molecule has 1 N–H and O–H groups in total. The highest BCUT2D eigenvalue weighted by Crippen LogP contribution is 2.20. The molecular formula is C11H11F3N2O2S. The van der Waals surface area contributed by atoms with E-state index in [-0.39, 0.29) is 25.0 Å². The number of hydrogen-bond acceptors (Lipinski definition) is 3. The standard InChI is InChI=1S/C11H11F3N2O2S/c1-2-8(3-4-15)16-19(17,18)11-9(13)5-7(12)6-10(11)14/h5-6,8,16H,2-3H2,1H3. The van der Waals surface area contributed by atoms with Crippen LogP contribution in [0, 0.1) is 28.8 Å². The van der Waals surface area contributed by atoms with Crippen molar-refractivity contribution in [3.63, 3.8) is 0 Å². The lowest BCUT2D eigenvalue weighted by Gasteiger charge is -2.14. The summed E-state index contributed by atoms with van der Waals surface area (Å²) in [4.78, 5) is -1.25. The van der Waals surface area contributed by atoms with Crippen molar-refractivity contribution in [3.05, 3.63) is 29.6 Å². The fraction of sp³-hybridized carbons (Fsp3) is 0.364. The summed E-state index contributed by atoms with van der Waals surface area (Å²) in [7, 11) is -4.49. The van der Waals surface area contributed by atoms with Crippen LogP contribution in [-0.4, -0.2) is 14.5 Å². The van der Waals surface area contributed by atoms with E-state index in [0.717, 1.165) is 0 Å². The van der Waals surface area contributed by atoms with Crippen molar-refractivity contribution in [1.29, 1.82) is 5.26 Å². The van der Waals surface area contributed by atoms with Gasteiger partial charge in [-0.3, -0.25) is 0 Å². The molecule has 0 aliphatic carbocycles. The van der Waals surface area contributed by atoms with Gasteiger partial charge < -0.3 is 0 Å². The van der Waals surface area contributed by atoms with Crippen LogP contribution in [0.2, 0.25) is 0 Å². The molecule has 1 unspecified atom stereocenters. The monoisotopic (exact) mass is 292 g/mol. The van der Waals surface area contributed by atoms with Gasteiger partial charge in [0.15, 0.2) is 4.90 Å². The summed E-state index contributed by atoms with van der Waals surface area (Å²) in [5.41, 5.74) is 0. The lowest BCUT2D eigenvalue weighted by atomic mass is 10.2. The van der Waals surface area contributed by atoms with Crippen LogP contribution in [0.1, 0.15) is 19.8 Å². The first-order valence-corrected chi connectivity index (χ1v) is 6.84. The highest BCUT2D eigenvalue weighted by atomic mass is 32.2. The Morgan fingerprint density at radius 2 is 1.84 bits per heavy atom. The summed E-state index contributed by atoms with van der Waals surface area (Å²) in [6, 6.07) is 1.55. The van der Waals surface area contributed by atoms with Gasteiger partial charge >= 0.3 is 0 Å². The predicted molar refractivity (Wildman–Crippen MR) is 60.9 cm³/mol. The first-order chi connectivity index (χ1) is 8.81.